The molecule has 0 saturated heterocycles. The van der Waals surface area contributed by atoms with E-state index in [2.05, 4.69) is 10.6 Å². The van der Waals surface area contributed by atoms with Gasteiger partial charge in [0.2, 0.25) is 5.91 Å². The number of carbonyl (C=O) groups excluding carboxylic acids is 2. The van der Waals surface area contributed by atoms with Crippen LogP contribution in [-0.4, -0.2) is 35.6 Å². The molecule has 7 nitrogen and oxygen atoms in total. The molecule has 104 valence electrons. The molecule has 3 amide bonds. The average Bonchev–Trinajstić information content (AvgIpc) is 2.22. The lowest BCUT2D eigenvalue weighted by molar-refractivity contribution is -0.139. The fourth-order valence-corrected chi connectivity index (χ4v) is 1.37. The highest BCUT2D eigenvalue weighted by atomic mass is 16.4. The number of nitrogens with two attached hydrogens (primary N) is 1. The molecular weight excluding hydrogens is 238 g/mol. The van der Waals surface area contributed by atoms with Crippen molar-refractivity contribution >= 4 is 17.9 Å². The standard InChI is InChI=1S/C11H21N3O4/c1-7(2)6-8(10(16)17)14-11(18)13-5-3-4-9(12)15/h7-8H,3-6H2,1-2H3,(H2,12,15)(H,16,17)(H2,13,14,18)/t8-/m1/s1. The summed E-state index contributed by atoms with van der Waals surface area (Å²) in [6, 6.07) is -1.45. The van der Waals surface area contributed by atoms with Crippen LogP contribution >= 0.6 is 0 Å². The molecule has 0 aliphatic heterocycles. The largest absolute Gasteiger partial charge is 0.480 e. The minimum Gasteiger partial charge on any atom is -0.480 e. The number of amides is 3. The number of hydrogen-bond donors (Lipinski definition) is 4. The highest BCUT2D eigenvalue weighted by Gasteiger charge is 2.20. The van der Waals surface area contributed by atoms with Crippen molar-refractivity contribution in [3.05, 3.63) is 0 Å². The summed E-state index contributed by atoms with van der Waals surface area (Å²) in [5.74, 6) is -1.32. The van der Waals surface area contributed by atoms with E-state index in [1.807, 2.05) is 13.8 Å². The lowest BCUT2D eigenvalue weighted by Gasteiger charge is -2.16. The number of aliphatic carboxylic acids is 1. The Morgan fingerprint density at radius 3 is 2.33 bits per heavy atom. The number of carbonyl (C=O) groups is 3. The van der Waals surface area contributed by atoms with Crippen LogP contribution in [0.1, 0.15) is 33.1 Å². The van der Waals surface area contributed by atoms with Crippen LogP contribution in [0.15, 0.2) is 0 Å². The van der Waals surface area contributed by atoms with E-state index in [1.54, 1.807) is 0 Å². The monoisotopic (exact) mass is 259 g/mol. The van der Waals surface area contributed by atoms with Gasteiger partial charge in [-0.25, -0.2) is 9.59 Å². The first-order chi connectivity index (χ1) is 8.32. The second kappa shape index (κ2) is 8.32. The molecule has 0 aliphatic rings. The Labute approximate surface area is 106 Å². The lowest BCUT2D eigenvalue weighted by atomic mass is 10.0. The van der Waals surface area contributed by atoms with Gasteiger partial charge in [0.15, 0.2) is 0 Å². The second-order valence-electron chi connectivity index (χ2n) is 4.49. The van der Waals surface area contributed by atoms with Crippen LogP contribution in [0.3, 0.4) is 0 Å². The Morgan fingerprint density at radius 2 is 1.89 bits per heavy atom. The Hall–Kier alpha value is -1.79. The highest BCUT2D eigenvalue weighted by Crippen LogP contribution is 2.04. The van der Waals surface area contributed by atoms with Crippen LogP contribution in [0, 0.1) is 5.92 Å². The van der Waals surface area contributed by atoms with Crippen LogP contribution in [-0.2, 0) is 9.59 Å². The predicted octanol–water partition coefficient (Wildman–Crippen LogP) is 0.0504. The van der Waals surface area contributed by atoms with Crippen molar-refractivity contribution in [1.82, 2.24) is 10.6 Å². The van der Waals surface area contributed by atoms with Crippen LogP contribution < -0.4 is 16.4 Å². The maximum Gasteiger partial charge on any atom is 0.326 e. The minimum absolute atomic E-state index is 0.168. The first-order valence-corrected chi connectivity index (χ1v) is 5.88. The smallest absolute Gasteiger partial charge is 0.326 e. The van der Waals surface area contributed by atoms with Crippen molar-refractivity contribution in [2.75, 3.05) is 6.54 Å². The Kier molecular flexibility index (Phi) is 7.50. The first kappa shape index (κ1) is 16.2. The quantitative estimate of drug-likeness (QED) is 0.460. The molecule has 0 spiro atoms. The summed E-state index contributed by atoms with van der Waals surface area (Å²) >= 11 is 0. The first-order valence-electron chi connectivity index (χ1n) is 5.88. The average molecular weight is 259 g/mol. The van der Waals surface area contributed by atoms with Crippen molar-refractivity contribution in [3.63, 3.8) is 0 Å². The van der Waals surface area contributed by atoms with Gasteiger partial charge in [-0.05, 0) is 18.8 Å². The van der Waals surface area contributed by atoms with E-state index in [1.165, 1.54) is 0 Å². The summed E-state index contributed by atoms with van der Waals surface area (Å²) in [5.41, 5.74) is 4.94. The number of primary amides is 1. The molecule has 18 heavy (non-hydrogen) atoms. The normalized spacial score (nSPS) is 11.9. The molecule has 0 aromatic rings. The van der Waals surface area contributed by atoms with Gasteiger partial charge in [0.1, 0.15) is 6.04 Å². The van der Waals surface area contributed by atoms with Crippen LogP contribution in [0.4, 0.5) is 4.79 Å². The van der Waals surface area contributed by atoms with Crippen LogP contribution in [0.25, 0.3) is 0 Å². The summed E-state index contributed by atoms with van der Waals surface area (Å²) in [6.07, 6.45) is 0.989. The third-order valence-corrected chi connectivity index (χ3v) is 2.20. The zero-order chi connectivity index (χ0) is 14.1. The van der Waals surface area contributed by atoms with Gasteiger partial charge in [0, 0.05) is 13.0 Å². The van der Waals surface area contributed by atoms with Gasteiger partial charge in [-0.3, -0.25) is 4.79 Å². The molecule has 0 aliphatic carbocycles. The molecule has 0 heterocycles. The summed E-state index contributed by atoms with van der Waals surface area (Å²) in [4.78, 5) is 32.7. The van der Waals surface area contributed by atoms with Crippen molar-refractivity contribution in [1.29, 1.82) is 0 Å². The molecule has 0 radical (unpaired) electrons. The molecule has 0 rings (SSSR count). The molecular formula is C11H21N3O4. The topological polar surface area (TPSA) is 122 Å². The van der Waals surface area contributed by atoms with E-state index in [9.17, 15) is 14.4 Å². The molecule has 0 aromatic carbocycles. The van der Waals surface area contributed by atoms with E-state index in [4.69, 9.17) is 10.8 Å². The van der Waals surface area contributed by atoms with Gasteiger partial charge in [-0.2, -0.15) is 0 Å². The number of rotatable bonds is 8. The van der Waals surface area contributed by atoms with Crippen LogP contribution in [0.2, 0.25) is 0 Å². The van der Waals surface area contributed by atoms with Crippen molar-refractivity contribution in [2.45, 2.75) is 39.2 Å². The number of urea groups is 1. The van der Waals surface area contributed by atoms with Gasteiger partial charge in [-0.1, -0.05) is 13.8 Å². The molecule has 0 aromatic heterocycles. The van der Waals surface area contributed by atoms with Gasteiger partial charge in [0.05, 0.1) is 0 Å². The summed E-state index contributed by atoms with van der Waals surface area (Å²) < 4.78 is 0. The number of hydrogen-bond acceptors (Lipinski definition) is 3. The molecule has 1 atom stereocenters. The zero-order valence-electron chi connectivity index (χ0n) is 10.7. The molecule has 0 fully saturated rings. The summed E-state index contributed by atoms with van der Waals surface area (Å²) in [6.45, 7) is 4.04. The minimum atomic E-state index is -1.06. The van der Waals surface area contributed by atoms with Crippen molar-refractivity contribution < 1.29 is 19.5 Å². The molecule has 5 N–H and O–H groups in total. The number of carboxylic acids is 1. The van der Waals surface area contributed by atoms with E-state index < -0.39 is 23.9 Å². The molecule has 0 bridgehead atoms. The van der Waals surface area contributed by atoms with E-state index >= 15 is 0 Å². The third kappa shape index (κ3) is 8.37. The van der Waals surface area contributed by atoms with Crippen LogP contribution in [0.5, 0.6) is 0 Å². The van der Waals surface area contributed by atoms with E-state index in [0.717, 1.165) is 0 Å². The maximum atomic E-state index is 11.4. The Morgan fingerprint density at radius 1 is 1.28 bits per heavy atom. The van der Waals surface area contributed by atoms with E-state index in [0.29, 0.717) is 12.8 Å². The highest BCUT2D eigenvalue weighted by molar-refractivity contribution is 5.82. The van der Waals surface area contributed by atoms with Crippen molar-refractivity contribution in [3.8, 4) is 0 Å². The Bertz CT molecular complexity index is 305. The van der Waals surface area contributed by atoms with Gasteiger partial charge in [0.25, 0.3) is 0 Å². The number of nitrogens with one attached hydrogen (secondary N) is 2. The van der Waals surface area contributed by atoms with E-state index in [-0.39, 0.29) is 18.9 Å². The second-order valence-corrected chi connectivity index (χ2v) is 4.49. The third-order valence-electron chi connectivity index (χ3n) is 2.20. The van der Waals surface area contributed by atoms with Gasteiger partial charge >= 0.3 is 12.0 Å². The Balaban J connectivity index is 3.95. The predicted molar refractivity (Wildman–Crippen MR) is 65.8 cm³/mol. The zero-order valence-corrected chi connectivity index (χ0v) is 10.7. The SMILES string of the molecule is CC(C)C[C@@H](NC(=O)NCCCC(N)=O)C(=O)O. The fourth-order valence-electron chi connectivity index (χ4n) is 1.37. The number of carboxylic acid groups (broad SMARTS) is 1. The van der Waals surface area contributed by atoms with Gasteiger partial charge in [-0.15, -0.1) is 0 Å². The maximum absolute atomic E-state index is 11.4. The molecule has 0 unspecified atom stereocenters. The van der Waals surface area contributed by atoms with Crippen molar-refractivity contribution in [2.24, 2.45) is 11.7 Å². The summed E-state index contributed by atoms with van der Waals surface area (Å²) in [7, 11) is 0. The summed E-state index contributed by atoms with van der Waals surface area (Å²) in [5, 5.41) is 13.8. The molecule has 7 heteroatoms. The molecule has 0 saturated carbocycles. The van der Waals surface area contributed by atoms with Gasteiger partial charge < -0.3 is 21.5 Å². The lowest BCUT2D eigenvalue weighted by Crippen LogP contribution is -2.46. The fraction of sp³-hybridized carbons (Fsp3) is 0.727.